The lowest BCUT2D eigenvalue weighted by Gasteiger charge is -2.22. The van der Waals surface area contributed by atoms with Crippen molar-refractivity contribution in [3.05, 3.63) is 35.9 Å². The van der Waals surface area contributed by atoms with E-state index >= 15 is 0 Å². The van der Waals surface area contributed by atoms with Crippen LogP contribution in [-0.2, 0) is 0 Å². The summed E-state index contributed by atoms with van der Waals surface area (Å²) in [6.07, 6.45) is 2.52. The van der Waals surface area contributed by atoms with Gasteiger partial charge in [0, 0.05) is 6.04 Å². The summed E-state index contributed by atoms with van der Waals surface area (Å²) in [7, 11) is 0. The van der Waals surface area contributed by atoms with Crippen molar-refractivity contribution in [3.63, 3.8) is 0 Å². The monoisotopic (exact) mass is 205 g/mol. The molecule has 0 bridgehead atoms. The molecule has 1 nitrogen and oxygen atoms in total. The third-order valence-corrected chi connectivity index (χ3v) is 2.72. The van der Waals surface area contributed by atoms with Crippen LogP contribution in [0.1, 0.15) is 45.2 Å². The Bertz CT molecular complexity index is 253. The molecule has 0 amide bonds. The Morgan fingerprint density at radius 1 is 1.13 bits per heavy atom. The fourth-order valence-corrected chi connectivity index (χ4v) is 1.83. The topological polar surface area (TPSA) is 12.0 Å². The first-order chi connectivity index (χ1) is 7.25. The van der Waals surface area contributed by atoms with Crippen LogP contribution in [0.15, 0.2) is 30.3 Å². The van der Waals surface area contributed by atoms with Crippen molar-refractivity contribution in [1.82, 2.24) is 5.32 Å². The van der Waals surface area contributed by atoms with Crippen molar-refractivity contribution >= 4 is 0 Å². The Morgan fingerprint density at radius 2 is 1.80 bits per heavy atom. The molecule has 1 aromatic rings. The standard InChI is InChI=1S/C14H23N/c1-4-5-11-15-14(12(2)3)13-9-7-6-8-10-13/h6-10,12,14-15H,4-5,11H2,1-3H3. The summed E-state index contributed by atoms with van der Waals surface area (Å²) in [5, 5.41) is 3.64. The number of hydrogen-bond acceptors (Lipinski definition) is 1. The molecule has 0 aliphatic heterocycles. The Labute approximate surface area is 93.9 Å². The van der Waals surface area contributed by atoms with Crippen LogP contribution in [0, 0.1) is 5.92 Å². The van der Waals surface area contributed by atoms with E-state index in [9.17, 15) is 0 Å². The molecule has 0 aliphatic rings. The van der Waals surface area contributed by atoms with Crippen LogP contribution in [0.4, 0.5) is 0 Å². The van der Waals surface area contributed by atoms with Gasteiger partial charge in [-0.25, -0.2) is 0 Å². The lowest BCUT2D eigenvalue weighted by molar-refractivity contribution is 0.408. The van der Waals surface area contributed by atoms with Gasteiger partial charge < -0.3 is 5.32 Å². The first-order valence-electron chi connectivity index (χ1n) is 6.04. The van der Waals surface area contributed by atoms with E-state index in [-0.39, 0.29) is 0 Å². The van der Waals surface area contributed by atoms with E-state index in [1.165, 1.54) is 18.4 Å². The fourth-order valence-electron chi connectivity index (χ4n) is 1.83. The van der Waals surface area contributed by atoms with Crippen LogP contribution in [0.2, 0.25) is 0 Å². The quantitative estimate of drug-likeness (QED) is 0.697. The first kappa shape index (κ1) is 12.3. The van der Waals surface area contributed by atoms with Crippen LogP contribution < -0.4 is 5.32 Å². The Balaban J connectivity index is 2.58. The maximum Gasteiger partial charge on any atom is 0.0343 e. The zero-order valence-corrected chi connectivity index (χ0v) is 10.2. The molecule has 0 aliphatic carbocycles. The van der Waals surface area contributed by atoms with E-state index < -0.39 is 0 Å². The van der Waals surface area contributed by atoms with E-state index in [2.05, 4.69) is 56.4 Å². The highest BCUT2D eigenvalue weighted by molar-refractivity contribution is 5.19. The van der Waals surface area contributed by atoms with Gasteiger partial charge in [-0.2, -0.15) is 0 Å². The second-order valence-electron chi connectivity index (χ2n) is 4.44. The van der Waals surface area contributed by atoms with Crippen LogP contribution in [0.3, 0.4) is 0 Å². The summed E-state index contributed by atoms with van der Waals surface area (Å²) < 4.78 is 0. The molecule has 1 unspecified atom stereocenters. The minimum absolute atomic E-state index is 0.498. The summed E-state index contributed by atoms with van der Waals surface area (Å²) in [6.45, 7) is 7.90. The maximum absolute atomic E-state index is 3.64. The molecular formula is C14H23N. The Hall–Kier alpha value is -0.820. The van der Waals surface area contributed by atoms with Crippen LogP contribution in [0.5, 0.6) is 0 Å². The molecule has 0 fully saturated rings. The maximum atomic E-state index is 3.64. The van der Waals surface area contributed by atoms with E-state index in [0.717, 1.165) is 6.54 Å². The Morgan fingerprint density at radius 3 is 2.33 bits per heavy atom. The van der Waals surface area contributed by atoms with Crippen LogP contribution in [-0.4, -0.2) is 6.54 Å². The van der Waals surface area contributed by atoms with Gasteiger partial charge in [-0.15, -0.1) is 0 Å². The highest BCUT2D eigenvalue weighted by Crippen LogP contribution is 2.20. The third-order valence-electron chi connectivity index (χ3n) is 2.72. The summed E-state index contributed by atoms with van der Waals surface area (Å²) in [5.74, 6) is 0.643. The first-order valence-corrected chi connectivity index (χ1v) is 6.04. The largest absolute Gasteiger partial charge is 0.310 e. The molecule has 0 heterocycles. The number of rotatable bonds is 6. The zero-order chi connectivity index (χ0) is 11.1. The predicted octanol–water partition coefficient (Wildman–Crippen LogP) is 3.77. The van der Waals surface area contributed by atoms with E-state index in [1.807, 2.05) is 0 Å². The summed E-state index contributed by atoms with van der Waals surface area (Å²) in [4.78, 5) is 0. The van der Waals surface area contributed by atoms with Crippen molar-refractivity contribution in [3.8, 4) is 0 Å². The van der Waals surface area contributed by atoms with Gasteiger partial charge in [0.05, 0.1) is 0 Å². The smallest absolute Gasteiger partial charge is 0.0343 e. The molecule has 0 aromatic heterocycles. The highest BCUT2D eigenvalue weighted by Gasteiger charge is 2.13. The molecule has 1 aromatic carbocycles. The van der Waals surface area contributed by atoms with E-state index in [0.29, 0.717) is 12.0 Å². The van der Waals surface area contributed by atoms with Crippen molar-refractivity contribution in [2.75, 3.05) is 6.54 Å². The molecule has 1 heteroatoms. The second-order valence-corrected chi connectivity index (χ2v) is 4.44. The molecule has 0 saturated carbocycles. The van der Waals surface area contributed by atoms with Crippen LogP contribution in [0.25, 0.3) is 0 Å². The molecule has 84 valence electrons. The number of hydrogen-bond donors (Lipinski definition) is 1. The molecular weight excluding hydrogens is 182 g/mol. The molecule has 0 radical (unpaired) electrons. The lowest BCUT2D eigenvalue weighted by atomic mass is 9.96. The summed E-state index contributed by atoms with van der Waals surface area (Å²) in [6, 6.07) is 11.2. The van der Waals surface area contributed by atoms with Crippen molar-refractivity contribution < 1.29 is 0 Å². The van der Waals surface area contributed by atoms with Gasteiger partial charge in [-0.3, -0.25) is 0 Å². The number of nitrogens with one attached hydrogen (secondary N) is 1. The minimum atomic E-state index is 0.498. The SMILES string of the molecule is CCCCNC(c1ccccc1)C(C)C. The fraction of sp³-hybridized carbons (Fsp3) is 0.571. The van der Waals surface area contributed by atoms with Gasteiger partial charge in [0.1, 0.15) is 0 Å². The second kappa shape index (κ2) is 6.62. The van der Waals surface area contributed by atoms with Crippen molar-refractivity contribution in [2.24, 2.45) is 5.92 Å². The lowest BCUT2D eigenvalue weighted by Crippen LogP contribution is -2.26. The average molecular weight is 205 g/mol. The zero-order valence-electron chi connectivity index (χ0n) is 10.2. The highest BCUT2D eigenvalue weighted by atomic mass is 14.9. The summed E-state index contributed by atoms with van der Waals surface area (Å²) in [5.41, 5.74) is 1.41. The number of unbranched alkanes of at least 4 members (excludes halogenated alkanes) is 1. The predicted molar refractivity (Wildman–Crippen MR) is 66.9 cm³/mol. The van der Waals surface area contributed by atoms with E-state index in [4.69, 9.17) is 0 Å². The summed E-state index contributed by atoms with van der Waals surface area (Å²) >= 11 is 0. The van der Waals surface area contributed by atoms with E-state index in [1.54, 1.807) is 0 Å². The van der Waals surface area contributed by atoms with Gasteiger partial charge in [0.2, 0.25) is 0 Å². The van der Waals surface area contributed by atoms with Gasteiger partial charge in [-0.1, -0.05) is 57.5 Å². The normalized spacial score (nSPS) is 13.1. The molecule has 0 saturated heterocycles. The third kappa shape index (κ3) is 4.05. The molecule has 15 heavy (non-hydrogen) atoms. The number of benzene rings is 1. The Kier molecular flexibility index (Phi) is 5.41. The molecule has 1 N–H and O–H groups in total. The van der Waals surface area contributed by atoms with Crippen molar-refractivity contribution in [2.45, 2.75) is 39.7 Å². The molecule has 1 rings (SSSR count). The van der Waals surface area contributed by atoms with Crippen molar-refractivity contribution in [1.29, 1.82) is 0 Å². The van der Waals surface area contributed by atoms with Gasteiger partial charge in [0.15, 0.2) is 0 Å². The van der Waals surface area contributed by atoms with Gasteiger partial charge in [-0.05, 0) is 24.4 Å². The van der Waals surface area contributed by atoms with Gasteiger partial charge >= 0.3 is 0 Å². The average Bonchev–Trinajstić information content (AvgIpc) is 2.25. The molecule has 1 atom stereocenters. The van der Waals surface area contributed by atoms with Gasteiger partial charge in [0.25, 0.3) is 0 Å². The molecule has 0 spiro atoms. The van der Waals surface area contributed by atoms with Crippen LogP contribution >= 0.6 is 0 Å². The minimum Gasteiger partial charge on any atom is -0.310 e.